The van der Waals surface area contributed by atoms with Gasteiger partial charge in [0.2, 0.25) is 0 Å². The number of hydrazine groups is 1. The molecule has 0 bridgehead atoms. The SMILES string of the molecule is COC(=O)c1ccc(C(=O)N2CCCN2C(=S)NC2CC2)nc1. The molecule has 0 radical (unpaired) electrons. The third kappa shape index (κ3) is 3.42. The molecule has 3 rings (SSSR count). The number of nitrogens with one attached hydrogen (secondary N) is 1. The summed E-state index contributed by atoms with van der Waals surface area (Å²) < 4.78 is 4.62. The van der Waals surface area contributed by atoms with Gasteiger partial charge in [-0.15, -0.1) is 0 Å². The Labute approximate surface area is 139 Å². The maximum Gasteiger partial charge on any atom is 0.339 e. The zero-order chi connectivity index (χ0) is 16.4. The molecular formula is C15H18N4O3S. The Hall–Kier alpha value is -2.22. The number of hydrogen-bond acceptors (Lipinski definition) is 5. The van der Waals surface area contributed by atoms with Gasteiger partial charge in [0.1, 0.15) is 5.69 Å². The Morgan fingerprint density at radius 3 is 2.65 bits per heavy atom. The summed E-state index contributed by atoms with van der Waals surface area (Å²) in [5, 5.41) is 7.24. The van der Waals surface area contributed by atoms with Crippen molar-refractivity contribution in [2.24, 2.45) is 0 Å². The van der Waals surface area contributed by atoms with E-state index in [0.717, 1.165) is 19.3 Å². The summed E-state index contributed by atoms with van der Waals surface area (Å²) in [5.74, 6) is -0.701. The van der Waals surface area contributed by atoms with Crippen LogP contribution in [0.2, 0.25) is 0 Å². The van der Waals surface area contributed by atoms with Crippen LogP contribution in [0.25, 0.3) is 0 Å². The monoisotopic (exact) mass is 334 g/mol. The molecule has 0 spiro atoms. The molecule has 1 N–H and O–H groups in total. The molecule has 0 aromatic carbocycles. The molecule has 2 aliphatic rings. The molecule has 1 aromatic rings. The Kier molecular flexibility index (Phi) is 4.42. The first-order valence-electron chi connectivity index (χ1n) is 7.54. The highest BCUT2D eigenvalue weighted by Gasteiger charge is 2.32. The van der Waals surface area contributed by atoms with Gasteiger partial charge in [0.15, 0.2) is 5.11 Å². The van der Waals surface area contributed by atoms with Crippen LogP contribution in [0, 0.1) is 0 Å². The van der Waals surface area contributed by atoms with Crippen molar-refractivity contribution < 1.29 is 14.3 Å². The van der Waals surface area contributed by atoms with E-state index in [0.29, 0.717) is 29.8 Å². The van der Waals surface area contributed by atoms with Crippen molar-refractivity contribution in [3.05, 3.63) is 29.6 Å². The lowest BCUT2D eigenvalue weighted by molar-refractivity contribution is 0.0483. The van der Waals surface area contributed by atoms with Gasteiger partial charge in [-0.25, -0.2) is 9.80 Å². The van der Waals surface area contributed by atoms with Gasteiger partial charge >= 0.3 is 5.97 Å². The van der Waals surface area contributed by atoms with Crippen molar-refractivity contribution in [1.29, 1.82) is 0 Å². The fourth-order valence-corrected chi connectivity index (χ4v) is 2.76. The van der Waals surface area contributed by atoms with Crippen LogP contribution in [-0.4, -0.2) is 58.2 Å². The van der Waals surface area contributed by atoms with E-state index in [-0.39, 0.29) is 11.6 Å². The first-order chi connectivity index (χ1) is 11.1. The molecule has 1 saturated heterocycles. The number of methoxy groups -OCH3 is 1. The van der Waals surface area contributed by atoms with E-state index in [2.05, 4.69) is 15.0 Å². The molecule has 1 amide bonds. The second-order valence-corrected chi connectivity index (χ2v) is 5.94. The molecule has 1 aromatic heterocycles. The van der Waals surface area contributed by atoms with Crippen molar-refractivity contribution in [2.75, 3.05) is 20.2 Å². The van der Waals surface area contributed by atoms with E-state index >= 15 is 0 Å². The van der Waals surface area contributed by atoms with Gasteiger partial charge in [-0.3, -0.25) is 14.8 Å². The molecule has 1 aliphatic heterocycles. The summed E-state index contributed by atoms with van der Waals surface area (Å²) >= 11 is 5.39. The van der Waals surface area contributed by atoms with Gasteiger partial charge in [0.25, 0.3) is 5.91 Å². The molecule has 1 saturated carbocycles. The fourth-order valence-electron chi connectivity index (χ4n) is 2.40. The predicted molar refractivity (Wildman–Crippen MR) is 86.7 cm³/mol. The minimum absolute atomic E-state index is 0.223. The summed E-state index contributed by atoms with van der Waals surface area (Å²) in [5.41, 5.74) is 0.590. The van der Waals surface area contributed by atoms with Gasteiger partial charge in [0, 0.05) is 25.3 Å². The Bertz CT molecular complexity index is 630. The highest BCUT2D eigenvalue weighted by Crippen LogP contribution is 2.21. The number of nitrogens with zero attached hydrogens (tertiary/aromatic N) is 3. The third-order valence-electron chi connectivity index (χ3n) is 3.81. The Balaban J connectivity index is 1.70. The van der Waals surface area contributed by atoms with E-state index in [9.17, 15) is 9.59 Å². The number of pyridine rings is 1. The van der Waals surface area contributed by atoms with Crippen LogP contribution >= 0.6 is 12.2 Å². The van der Waals surface area contributed by atoms with Gasteiger partial charge in [0.05, 0.1) is 12.7 Å². The van der Waals surface area contributed by atoms with Crippen LogP contribution in [0.15, 0.2) is 18.3 Å². The van der Waals surface area contributed by atoms with Crippen LogP contribution in [0.4, 0.5) is 0 Å². The minimum Gasteiger partial charge on any atom is -0.465 e. The average Bonchev–Trinajstić information content (AvgIpc) is 3.25. The first kappa shape index (κ1) is 15.7. The van der Waals surface area contributed by atoms with Crippen molar-refractivity contribution >= 4 is 29.2 Å². The van der Waals surface area contributed by atoms with Gasteiger partial charge in [-0.05, 0) is 43.6 Å². The average molecular weight is 334 g/mol. The number of aromatic nitrogens is 1. The highest BCUT2D eigenvalue weighted by atomic mass is 32.1. The topological polar surface area (TPSA) is 74.8 Å². The van der Waals surface area contributed by atoms with E-state index in [4.69, 9.17) is 12.2 Å². The number of rotatable bonds is 3. The second kappa shape index (κ2) is 6.49. The summed E-state index contributed by atoms with van der Waals surface area (Å²) in [6.45, 7) is 1.32. The van der Waals surface area contributed by atoms with Crippen LogP contribution in [0.1, 0.15) is 40.1 Å². The lowest BCUT2D eigenvalue weighted by atomic mass is 10.2. The van der Waals surface area contributed by atoms with Crippen molar-refractivity contribution in [2.45, 2.75) is 25.3 Å². The van der Waals surface area contributed by atoms with E-state index in [1.807, 2.05) is 0 Å². The number of amides is 1. The molecule has 7 nitrogen and oxygen atoms in total. The molecule has 8 heteroatoms. The summed E-state index contributed by atoms with van der Waals surface area (Å²) in [7, 11) is 1.30. The molecule has 23 heavy (non-hydrogen) atoms. The zero-order valence-corrected chi connectivity index (χ0v) is 13.6. The van der Waals surface area contributed by atoms with E-state index < -0.39 is 5.97 Å². The number of carbonyl (C=O) groups excluding carboxylic acids is 2. The maximum atomic E-state index is 12.6. The van der Waals surface area contributed by atoms with Gasteiger partial charge in [-0.2, -0.15) is 0 Å². The van der Waals surface area contributed by atoms with E-state index in [1.54, 1.807) is 10.0 Å². The Morgan fingerprint density at radius 2 is 2.04 bits per heavy atom. The number of hydrogen-bond donors (Lipinski definition) is 1. The zero-order valence-electron chi connectivity index (χ0n) is 12.8. The quantitative estimate of drug-likeness (QED) is 0.652. The van der Waals surface area contributed by atoms with Crippen LogP contribution in [0.3, 0.4) is 0 Å². The highest BCUT2D eigenvalue weighted by molar-refractivity contribution is 7.80. The molecule has 0 unspecified atom stereocenters. The molecule has 1 aliphatic carbocycles. The second-order valence-electron chi connectivity index (χ2n) is 5.55. The molecular weight excluding hydrogens is 316 g/mol. The fraction of sp³-hybridized carbons (Fsp3) is 0.467. The van der Waals surface area contributed by atoms with Crippen LogP contribution in [0.5, 0.6) is 0 Å². The van der Waals surface area contributed by atoms with Crippen molar-refractivity contribution in [3.63, 3.8) is 0 Å². The summed E-state index contributed by atoms with van der Waals surface area (Å²) in [4.78, 5) is 28.1. The number of ether oxygens (including phenoxy) is 1. The van der Waals surface area contributed by atoms with Crippen LogP contribution < -0.4 is 5.32 Å². The smallest absolute Gasteiger partial charge is 0.339 e. The number of esters is 1. The normalized spacial score (nSPS) is 17.1. The lowest BCUT2D eigenvalue weighted by Gasteiger charge is -2.30. The van der Waals surface area contributed by atoms with Crippen molar-refractivity contribution in [1.82, 2.24) is 20.3 Å². The molecule has 2 heterocycles. The maximum absolute atomic E-state index is 12.6. The lowest BCUT2D eigenvalue weighted by Crippen LogP contribution is -2.49. The predicted octanol–water partition coefficient (Wildman–Crippen LogP) is 0.968. The Morgan fingerprint density at radius 1 is 1.30 bits per heavy atom. The van der Waals surface area contributed by atoms with Gasteiger partial charge < -0.3 is 10.1 Å². The first-order valence-corrected chi connectivity index (χ1v) is 7.95. The molecule has 0 atom stereocenters. The third-order valence-corrected chi connectivity index (χ3v) is 4.14. The minimum atomic E-state index is -0.478. The number of thiocarbonyl (C=S) groups is 1. The standard InChI is InChI=1S/C15H18N4O3S/c1-22-14(21)10-3-6-12(16-9-10)13(20)18-7-2-8-19(18)15(23)17-11-4-5-11/h3,6,9,11H,2,4-5,7-8H2,1H3,(H,17,23). The summed E-state index contributed by atoms with van der Waals surface area (Å²) in [6, 6.07) is 3.51. The van der Waals surface area contributed by atoms with E-state index in [1.165, 1.54) is 25.4 Å². The van der Waals surface area contributed by atoms with Gasteiger partial charge in [-0.1, -0.05) is 0 Å². The summed E-state index contributed by atoms with van der Waals surface area (Å²) in [6.07, 6.45) is 4.45. The van der Waals surface area contributed by atoms with Crippen LogP contribution in [-0.2, 0) is 4.74 Å². The number of carbonyl (C=O) groups is 2. The molecule has 2 fully saturated rings. The molecule has 122 valence electrons. The van der Waals surface area contributed by atoms with Crippen molar-refractivity contribution in [3.8, 4) is 0 Å². The largest absolute Gasteiger partial charge is 0.465 e.